The summed E-state index contributed by atoms with van der Waals surface area (Å²) in [4.78, 5) is 15.5. The molecule has 100 valence electrons. The Bertz CT molecular complexity index is 248. The van der Waals surface area contributed by atoms with Gasteiger partial charge in [0.2, 0.25) is 0 Å². The Balaban J connectivity index is 2.32. The molecule has 1 aliphatic rings. The van der Waals surface area contributed by atoms with Crippen LogP contribution in [-0.4, -0.2) is 73.9 Å². The Kier molecular flexibility index (Phi) is 5.88. The lowest BCUT2D eigenvalue weighted by molar-refractivity contribution is -0.143. The highest BCUT2D eigenvalue weighted by molar-refractivity contribution is 5.69. The van der Waals surface area contributed by atoms with E-state index in [-0.39, 0.29) is 12.4 Å². The molecule has 1 fully saturated rings. The fourth-order valence-electron chi connectivity index (χ4n) is 2.32. The van der Waals surface area contributed by atoms with Crippen LogP contribution in [0.2, 0.25) is 0 Å². The van der Waals surface area contributed by atoms with Crippen molar-refractivity contribution in [3.8, 4) is 0 Å². The number of ether oxygens (including phenoxy) is 1. The molecule has 5 nitrogen and oxygen atoms in total. The van der Waals surface area contributed by atoms with E-state index in [4.69, 9.17) is 0 Å². The van der Waals surface area contributed by atoms with E-state index >= 15 is 0 Å². The van der Waals surface area contributed by atoms with E-state index in [0.29, 0.717) is 12.6 Å². The van der Waals surface area contributed by atoms with Gasteiger partial charge < -0.3 is 14.7 Å². The fourth-order valence-corrected chi connectivity index (χ4v) is 2.32. The first-order valence-corrected chi connectivity index (χ1v) is 6.16. The summed E-state index contributed by atoms with van der Waals surface area (Å²) in [7, 11) is 5.46. The molecule has 5 heteroatoms. The molecule has 1 N–H and O–H groups in total. The molecule has 0 bridgehead atoms. The van der Waals surface area contributed by atoms with E-state index < -0.39 is 6.10 Å². The largest absolute Gasteiger partial charge is 0.469 e. The molecule has 0 aliphatic carbocycles. The van der Waals surface area contributed by atoms with Crippen molar-refractivity contribution >= 4 is 5.97 Å². The first-order valence-electron chi connectivity index (χ1n) is 6.16. The zero-order chi connectivity index (χ0) is 12.8. The van der Waals surface area contributed by atoms with E-state index in [0.717, 1.165) is 19.5 Å². The number of esters is 1. The fraction of sp³-hybridized carbons (Fsp3) is 0.917. The second kappa shape index (κ2) is 6.93. The predicted octanol–water partition coefficient (Wildman–Crippen LogP) is -0.0636. The van der Waals surface area contributed by atoms with Crippen molar-refractivity contribution < 1.29 is 14.6 Å². The molecule has 0 amide bonds. The quantitative estimate of drug-likeness (QED) is 0.687. The van der Waals surface area contributed by atoms with E-state index in [1.54, 1.807) is 0 Å². The third kappa shape index (κ3) is 5.02. The third-order valence-electron chi connectivity index (χ3n) is 3.35. The molecule has 1 saturated heterocycles. The summed E-state index contributed by atoms with van der Waals surface area (Å²) in [5.74, 6) is -0.355. The minimum atomic E-state index is -0.639. The molecule has 17 heavy (non-hydrogen) atoms. The summed E-state index contributed by atoms with van der Waals surface area (Å²) < 4.78 is 4.54. The maximum absolute atomic E-state index is 11.0. The minimum Gasteiger partial charge on any atom is -0.469 e. The second-order valence-electron chi connectivity index (χ2n) is 4.93. The summed E-state index contributed by atoms with van der Waals surface area (Å²) in [6.45, 7) is 2.70. The lowest BCUT2D eigenvalue weighted by atomic mass is 10.0. The molecule has 1 rings (SSSR count). The van der Waals surface area contributed by atoms with Crippen LogP contribution in [0.3, 0.4) is 0 Å². The predicted molar refractivity (Wildman–Crippen MR) is 65.8 cm³/mol. The lowest BCUT2D eigenvalue weighted by Crippen LogP contribution is -2.47. The maximum atomic E-state index is 11.0. The second-order valence-corrected chi connectivity index (χ2v) is 4.93. The summed E-state index contributed by atoms with van der Waals surface area (Å²) in [6.07, 6.45) is 1.79. The van der Waals surface area contributed by atoms with Gasteiger partial charge in [-0.25, -0.2) is 0 Å². The van der Waals surface area contributed by atoms with Crippen LogP contribution in [0.15, 0.2) is 0 Å². The standard InChI is InChI=1S/C12H24N2O3/c1-13-6-4-5-10(8-13)14(2)9-11(15)7-12(16)17-3/h10-11,15H,4-9H2,1-3H3. The average Bonchev–Trinajstić information content (AvgIpc) is 2.28. The smallest absolute Gasteiger partial charge is 0.308 e. The summed E-state index contributed by atoms with van der Waals surface area (Å²) in [5, 5.41) is 9.76. The van der Waals surface area contributed by atoms with Crippen molar-refractivity contribution in [3.05, 3.63) is 0 Å². The summed E-state index contributed by atoms with van der Waals surface area (Å²) >= 11 is 0. The van der Waals surface area contributed by atoms with E-state index in [9.17, 15) is 9.90 Å². The Morgan fingerprint density at radius 1 is 1.65 bits per heavy atom. The Morgan fingerprint density at radius 2 is 2.35 bits per heavy atom. The Morgan fingerprint density at radius 3 is 2.94 bits per heavy atom. The van der Waals surface area contributed by atoms with Gasteiger partial charge in [-0.1, -0.05) is 0 Å². The van der Waals surface area contributed by atoms with Crippen molar-refractivity contribution in [1.82, 2.24) is 9.80 Å². The number of carbonyl (C=O) groups is 1. The van der Waals surface area contributed by atoms with Gasteiger partial charge in [-0.15, -0.1) is 0 Å². The molecular formula is C12H24N2O3. The van der Waals surface area contributed by atoms with Gasteiger partial charge in [0.25, 0.3) is 0 Å². The topological polar surface area (TPSA) is 53.0 Å². The number of nitrogens with zero attached hydrogens (tertiary/aromatic N) is 2. The summed E-state index contributed by atoms with van der Waals surface area (Å²) in [5.41, 5.74) is 0. The van der Waals surface area contributed by atoms with Crippen LogP contribution in [0.1, 0.15) is 19.3 Å². The van der Waals surface area contributed by atoms with Crippen molar-refractivity contribution in [1.29, 1.82) is 0 Å². The molecular weight excluding hydrogens is 220 g/mol. The Hall–Kier alpha value is -0.650. The van der Waals surface area contributed by atoms with Crippen LogP contribution >= 0.6 is 0 Å². The van der Waals surface area contributed by atoms with E-state index in [2.05, 4.69) is 21.6 Å². The van der Waals surface area contributed by atoms with Gasteiger partial charge in [0.15, 0.2) is 0 Å². The van der Waals surface area contributed by atoms with Gasteiger partial charge in [0, 0.05) is 19.1 Å². The van der Waals surface area contributed by atoms with Gasteiger partial charge >= 0.3 is 5.97 Å². The minimum absolute atomic E-state index is 0.0728. The number of carbonyl (C=O) groups excluding carboxylic acids is 1. The molecule has 0 radical (unpaired) electrons. The molecule has 0 spiro atoms. The molecule has 0 aromatic heterocycles. The highest BCUT2D eigenvalue weighted by atomic mass is 16.5. The van der Waals surface area contributed by atoms with Gasteiger partial charge in [0.05, 0.1) is 19.6 Å². The molecule has 1 aliphatic heterocycles. The van der Waals surface area contributed by atoms with Crippen LogP contribution in [0, 0.1) is 0 Å². The Labute approximate surface area is 103 Å². The van der Waals surface area contributed by atoms with Gasteiger partial charge in [-0.3, -0.25) is 9.69 Å². The molecule has 0 aromatic rings. The number of piperidine rings is 1. The lowest BCUT2D eigenvalue weighted by Gasteiger charge is -2.36. The maximum Gasteiger partial charge on any atom is 0.308 e. The zero-order valence-electron chi connectivity index (χ0n) is 11.1. The number of hydrogen-bond donors (Lipinski definition) is 1. The van der Waals surface area contributed by atoms with Crippen LogP contribution in [0.4, 0.5) is 0 Å². The normalized spacial score (nSPS) is 23.7. The molecule has 2 atom stereocenters. The average molecular weight is 244 g/mol. The summed E-state index contributed by atoms with van der Waals surface area (Å²) in [6, 6.07) is 0.473. The number of aliphatic hydroxyl groups excluding tert-OH is 1. The van der Waals surface area contributed by atoms with Crippen LogP contribution in [-0.2, 0) is 9.53 Å². The van der Waals surface area contributed by atoms with Gasteiger partial charge in [-0.05, 0) is 33.5 Å². The van der Waals surface area contributed by atoms with E-state index in [1.165, 1.54) is 13.5 Å². The van der Waals surface area contributed by atoms with Crippen LogP contribution < -0.4 is 0 Å². The first-order chi connectivity index (χ1) is 8.02. The number of rotatable bonds is 5. The third-order valence-corrected chi connectivity index (χ3v) is 3.35. The van der Waals surface area contributed by atoms with E-state index in [1.807, 2.05) is 7.05 Å². The zero-order valence-corrected chi connectivity index (χ0v) is 11.1. The highest BCUT2D eigenvalue weighted by Crippen LogP contribution is 2.14. The number of likely N-dealkylation sites (tertiary alicyclic amines) is 1. The van der Waals surface area contributed by atoms with Crippen LogP contribution in [0.5, 0.6) is 0 Å². The molecule has 1 heterocycles. The molecule has 0 aromatic carbocycles. The highest BCUT2D eigenvalue weighted by Gasteiger charge is 2.23. The van der Waals surface area contributed by atoms with Crippen molar-refractivity contribution in [2.75, 3.05) is 40.8 Å². The molecule has 0 saturated carbocycles. The monoisotopic (exact) mass is 244 g/mol. The van der Waals surface area contributed by atoms with Crippen LogP contribution in [0.25, 0.3) is 0 Å². The van der Waals surface area contributed by atoms with Crippen molar-refractivity contribution in [3.63, 3.8) is 0 Å². The number of aliphatic hydroxyl groups is 1. The molecule has 2 unspecified atom stereocenters. The van der Waals surface area contributed by atoms with Gasteiger partial charge in [-0.2, -0.15) is 0 Å². The first kappa shape index (κ1) is 14.4. The SMILES string of the molecule is COC(=O)CC(O)CN(C)C1CCCN(C)C1. The number of methoxy groups -OCH3 is 1. The van der Waals surface area contributed by atoms with Crippen molar-refractivity contribution in [2.45, 2.75) is 31.4 Å². The van der Waals surface area contributed by atoms with Gasteiger partial charge in [0.1, 0.15) is 0 Å². The number of likely N-dealkylation sites (N-methyl/N-ethyl adjacent to an activating group) is 2. The van der Waals surface area contributed by atoms with Crippen molar-refractivity contribution in [2.24, 2.45) is 0 Å². The number of hydrogen-bond acceptors (Lipinski definition) is 5.